The molecule has 0 radical (unpaired) electrons. The first-order valence-electron chi connectivity index (χ1n) is 10.2. The molecule has 32 heavy (non-hydrogen) atoms. The van der Waals surface area contributed by atoms with E-state index in [0.717, 1.165) is 5.69 Å². The number of hydrogen-bond acceptors (Lipinski definition) is 7. The molecular formula is C21H25N7O3S. The molecule has 1 aliphatic heterocycles. The molecule has 0 saturated heterocycles. The first-order valence-corrected chi connectivity index (χ1v) is 12.1. The van der Waals surface area contributed by atoms with Gasteiger partial charge in [0.05, 0.1) is 42.0 Å². The Balaban J connectivity index is 1.63. The van der Waals surface area contributed by atoms with Crippen LogP contribution in [0.1, 0.15) is 58.9 Å². The molecule has 0 spiro atoms. The van der Waals surface area contributed by atoms with Crippen LogP contribution in [0.3, 0.4) is 0 Å². The third kappa shape index (κ3) is 4.33. The molecule has 1 atom stereocenters. The van der Waals surface area contributed by atoms with Gasteiger partial charge in [0.1, 0.15) is 6.33 Å². The van der Waals surface area contributed by atoms with Gasteiger partial charge in [-0.2, -0.15) is 5.10 Å². The number of hydrogen-bond donors (Lipinski definition) is 1. The van der Waals surface area contributed by atoms with Crippen molar-refractivity contribution in [2.24, 2.45) is 0 Å². The fourth-order valence-electron chi connectivity index (χ4n) is 3.58. The number of nitrogens with zero attached hydrogens (tertiary/aromatic N) is 6. The number of anilines is 1. The zero-order valence-electron chi connectivity index (χ0n) is 18.3. The van der Waals surface area contributed by atoms with Crippen molar-refractivity contribution < 1.29 is 13.2 Å². The van der Waals surface area contributed by atoms with Crippen LogP contribution < -0.4 is 9.62 Å². The van der Waals surface area contributed by atoms with Gasteiger partial charge in [0.25, 0.3) is 5.91 Å². The summed E-state index contributed by atoms with van der Waals surface area (Å²) in [4.78, 5) is 25.6. The highest BCUT2D eigenvalue weighted by Crippen LogP contribution is 2.40. The quantitative estimate of drug-likeness (QED) is 0.601. The predicted molar refractivity (Wildman–Crippen MR) is 119 cm³/mol. The van der Waals surface area contributed by atoms with E-state index in [-0.39, 0.29) is 31.0 Å². The van der Waals surface area contributed by atoms with Gasteiger partial charge in [0.2, 0.25) is 10.0 Å². The van der Waals surface area contributed by atoms with Crippen molar-refractivity contribution in [1.82, 2.24) is 30.0 Å². The van der Waals surface area contributed by atoms with Gasteiger partial charge in [-0.05, 0) is 44.5 Å². The third-order valence-electron chi connectivity index (χ3n) is 5.31. The van der Waals surface area contributed by atoms with E-state index in [0.29, 0.717) is 28.3 Å². The predicted octanol–water partition coefficient (Wildman–Crippen LogP) is 1.80. The van der Waals surface area contributed by atoms with Gasteiger partial charge >= 0.3 is 0 Å². The largest absolute Gasteiger partial charge is 0.346 e. The van der Waals surface area contributed by atoms with Crippen molar-refractivity contribution in [2.45, 2.75) is 39.3 Å². The molecule has 1 amide bonds. The second kappa shape index (κ2) is 8.30. The summed E-state index contributed by atoms with van der Waals surface area (Å²) in [5.41, 5.74) is 3.12. The Kier molecular flexibility index (Phi) is 5.68. The van der Waals surface area contributed by atoms with Gasteiger partial charge in [0, 0.05) is 24.3 Å². The number of nitrogens with one attached hydrogen (secondary N) is 1. The van der Waals surface area contributed by atoms with Gasteiger partial charge in [0.15, 0.2) is 5.82 Å². The standard InChI is InChI=1S/C21H25N7O3S/c1-13(2)27-12-25-20(26-27)18-11-28(32(4,30)31)19-6-5-15(7-17(18)19)21(29)24-10-16-9-22-14(3)8-23-16/h5-9,12-13,18H,10-11H2,1-4H3,(H,24,29)/t18-/m1/s1. The number of aryl methyl sites for hydroxylation is 1. The molecule has 3 aromatic rings. The number of aromatic nitrogens is 5. The summed E-state index contributed by atoms with van der Waals surface area (Å²) < 4.78 is 27.8. The summed E-state index contributed by atoms with van der Waals surface area (Å²) in [5.74, 6) is -0.124. The molecule has 2 aromatic heterocycles. The van der Waals surface area contributed by atoms with E-state index < -0.39 is 10.0 Å². The lowest BCUT2D eigenvalue weighted by molar-refractivity contribution is 0.0950. The highest BCUT2D eigenvalue weighted by molar-refractivity contribution is 7.92. The summed E-state index contributed by atoms with van der Waals surface area (Å²) in [6.07, 6.45) is 6.07. The van der Waals surface area contributed by atoms with Gasteiger partial charge in [-0.1, -0.05) is 0 Å². The number of fused-ring (bicyclic) bond motifs is 1. The van der Waals surface area contributed by atoms with Gasteiger partial charge in [-0.3, -0.25) is 23.7 Å². The zero-order valence-corrected chi connectivity index (χ0v) is 19.2. The van der Waals surface area contributed by atoms with Crippen LogP contribution in [-0.2, 0) is 16.6 Å². The Morgan fingerprint density at radius 1 is 1.22 bits per heavy atom. The number of carbonyl (C=O) groups is 1. The monoisotopic (exact) mass is 455 g/mol. The van der Waals surface area contributed by atoms with Crippen molar-refractivity contribution in [3.63, 3.8) is 0 Å². The van der Waals surface area contributed by atoms with E-state index in [9.17, 15) is 13.2 Å². The number of sulfonamides is 1. The summed E-state index contributed by atoms with van der Waals surface area (Å²) in [6, 6.07) is 5.13. The summed E-state index contributed by atoms with van der Waals surface area (Å²) in [6.45, 7) is 6.26. The fraction of sp³-hybridized carbons (Fsp3) is 0.381. The van der Waals surface area contributed by atoms with Crippen LogP contribution in [0.2, 0.25) is 0 Å². The summed E-state index contributed by atoms with van der Waals surface area (Å²) in [5, 5.41) is 7.37. The molecule has 0 aliphatic carbocycles. The Morgan fingerprint density at radius 2 is 2.00 bits per heavy atom. The molecule has 0 fully saturated rings. The van der Waals surface area contributed by atoms with E-state index in [2.05, 4.69) is 25.4 Å². The Hall–Kier alpha value is -3.34. The van der Waals surface area contributed by atoms with Crippen LogP contribution in [0.25, 0.3) is 0 Å². The second-order valence-electron chi connectivity index (χ2n) is 8.13. The third-order valence-corrected chi connectivity index (χ3v) is 6.46. The summed E-state index contributed by atoms with van der Waals surface area (Å²) in [7, 11) is -3.49. The molecule has 1 aliphatic rings. The molecule has 10 nitrogen and oxygen atoms in total. The van der Waals surface area contributed by atoms with E-state index >= 15 is 0 Å². The van der Waals surface area contributed by atoms with Crippen LogP contribution in [0.5, 0.6) is 0 Å². The van der Waals surface area contributed by atoms with Crippen molar-refractivity contribution in [1.29, 1.82) is 0 Å². The SMILES string of the molecule is Cc1cnc(CNC(=O)c2ccc3c(c2)[C@H](c2ncn(C(C)C)n2)CN3S(C)(=O)=O)cn1. The average molecular weight is 456 g/mol. The maximum Gasteiger partial charge on any atom is 0.251 e. The molecule has 0 bridgehead atoms. The van der Waals surface area contributed by atoms with Gasteiger partial charge in [-0.25, -0.2) is 13.4 Å². The molecule has 1 N–H and O–H groups in total. The first-order chi connectivity index (χ1) is 15.1. The lowest BCUT2D eigenvalue weighted by atomic mass is 9.98. The molecule has 1 aromatic carbocycles. The number of benzene rings is 1. The van der Waals surface area contributed by atoms with E-state index in [1.807, 2.05) is 20.8 Å². The molecule has 11 heteroatoms. The number of carbonyl (C=O) groups excluding carboxylic acids is 1. The van der Waals surface area contributed by atoms with Crippen molar-refractivity contribution in [2.75, 3.05) is 17.1 Å². The lowest BCUT2D eigenvalue weighted by Crippen LogP contribution is -2.29. The van der Waals surface area contributed by atoms with E-state index in [4.69, 9.17) is 0 Å². The highest BCUT2D eigenvalue weighted by atomic mass is 32.2. The minimum Gasteiger partial charge on any atom is -0.346 e. The molecule has 0 saturated carbocycles. The zero-order chi connectivity index (χ0) is 23.0. The van der Waals surface area contributed by atoms with Crippen LogP contribution in [0.4, 0.5) is 5.69 Å². The number of amides is 1. The molecule has 4 rings (SSSR count). The van der Waals surface area contributed by atoms with Gasteiger partial charge in [-0.15, -0.1) is 0 Å². The summed E-state index contributed by atoms with van der Waals surface area (Å²) >= 11 is 0. The highest BCUT2D eigenvalue weighted by Gasteiger charge is 2.37. The Bertz CT molecular complexity index is 1250. The van der Waals surface area contributed by atoms with Gasteiger partial charge < -0.3 is 5.32 Å². The first kappa shape index (κ1) is 21.9. The lowest BCUT2D eigenvalue weighted by Gasteiger charge is -2.16. The molecule has 0 unspecified atom stereocenters. The number of rotatable bonds is 6. The Labute approximate surface area is 186 Å². The second-order valence-corrected chi connectivity index (χ2v) is 10.0. The maximum atomic E-state index is 12.8. The van der Waals surface area contributed by atoms with Crippen molar-refractivity contribution >= 4 is 21.6 Å². The van der Waals surface area contributed by atoms with E-state index in [1.165, 1.54) is 10.6 Å². The fourth-order valence-corrected chi connectivity index (χ4v) is 4.52. The molecule has 3 heterocycles. The van der Waals surface area contributed by atoms with Crippen LogP contribution in [-0.4, -0.2) is 51.9 Å². The molecular weight excluding hydrogens is 430 g/mol. The van der Waals surface area contributed by atoms with E-state index in [1.54, 1.807) is 41.6 Å². The Morgan fingerprint density at radius 3 is 2.62 bits per heavy atom. The minimum absolute atomic E-state index is 0.130. The van der Waals surface area contributed by atoms with Crippen LogP contribution >= 0.6 is 0 Å². The molecule has 168 valence electrons. The van der Waals surface area contributed by atoms with Crippen molar-refractivity contribution in [3.8, 4) is 0 Å². The topological polar surface area (TPSA) is 123 Å². The smallest absolute Gasteiger partial charge is 0.251 e. The maximum absolute atomic E-state index is 12.8. The minimum atomic E-state index is -3.49. The normalized spacial score (nSPS) is 15.8. The van der Waals surface area contributed by atoms with Crippen LogP contribution in [0.15, 0.2) is 36.9 Å². The van der Waals surface area contributed by atoms with Crippen LogP contribution in [0, 0.1) is 6.92 Å². The average Bonchev–Trinajstić information content (AvgIpc) is 3.37. The van der Waals surface area contributed by atoms with Crippen molar-refractivity contribution in [3.05, 3.63) is 65.3 Å².